The average molecular weight is 374 g/mol. The average Bonchev–Trinajstić information content (AvgIpc) is 2.62. The summed E-state index contributed by atoms with van der Waals surface area (Å²) in [7, 11) is 0. The van der Waals surface area contributed by atoms with Gasteiger partial charge in [-0.25, -0.2) is 9.59 Å². The lowest BCUT2D eigenvalue weighted by atomic mass is 10.0. The van der Waals surface area contributed by atoms with Gasteiger partial charge in [-0.3, -0.25) is 0 Å². The van der Waals surface area contributed by atoms with Gasteiger partial charge < -0.3 is 30.3 Å². The fourth-order valence-corrected chi connectivity index (χ4v) is 2.41. The van der Waals surface area contributed by atoms with Gasteiger partial charge in [0.15, 0.2) is 23.0 Å². The summed E-state index contributed by atoms with van der Waals surface area (Å²) >= 11 is 0. The lowest BCUT2D eigenvalue weighted by molar-refractivity contribution is -0.131. The Hall–Kier alpha value is -3.68. The molecule has 0 heterocycles. The number of aliphatic carboxylic acids is 1. The number of carbonyl (C=O) groups excluding carboxylic acids is 1. The second-order valence-corrected chi connectivity index (χ2v) is 5.66. The summed E-state index contributed by atoms with van der Waals surface area (Å²) in [6.07, 6.45) is 2.91. The number of esters is 1. The van der Waals surface area contributed by atoms with Crippen molar-refractivity contribution in [3.8, 4) is 28.7 Å². The second-order valence-electron chi connectivity index (χ2n) is 5.66. The summed E-state index contributed by atoms with van der Waals surface area (Å²) in [6, 6.07) is 4.87. The van der Waals surface area contributed by atoms with E-state index in [0.717, 1.165) is 12.1 Å². The van der Waals surface area contributed by atoms with Crippen LogP contribution >= 0.6 is 0 Å². The van der Waals surface area contributed by atoms with E-state index in [9.17, 15) is 30.0 Å². The molecule has 27 heavy (non-hydrogen) atoms. The van der Waals surface area contributed by atoms with Gasteiger partial charge in [0, 0.05) is 11.6 Å². The molecular formula is C19H18O8. The molecule has 8 heteroatoms. The van der Waals surface area contributed by atoms with Crippen LogP contribution in [0.4, 0.5) is 0 Å². The minimum Gasteiger partial charge on any atom is -0.504 e. The minimum atomic E-state index is -1.17. The molecule has 5 N–H and O–H groups in total. The maximum Gasteiger partial charge on any atom is 0.344 e. The van der Waals surface area contributed by atoms with Gasteiger partial charge in [0.05, 0.1) is 5.56 Å². The predicted octanol–water partition coefficient (Wildman–Crippen LogP) is 2.78. The number of benzene rings is 2. The summed E-state index contributed by atoms with van der Waals surface area (Å²) in [4.78, 5) is 23.1. The quantitative estimate of drug-likeness (QED) is 0.225. The van der Waals surface area contributed by atoms with Crippen molar-refractivity contribution in [3.05, 3.63) is 47.0 Å². The van der Waals surface area contributed by atoms with Gasteiger partial charge in [0.2, 0.25) is 5.75 Å². The number of phenolic OH excluding ortho intramolecular Hbond substituents is 4. The Morgan fingerprint density at radius 2 is 1.74 bits per heavy atom. The number of rotatable bonds is 6. The molecule has 0 spiro atoms. The van der Waals surface area contributed by atoms with E-state index in [0.29, 0.717) is 12.0 Å². The van der Waals surface area contributed by atoms with Crippen LogP contribution in [0.25, 0.3) is 6.08 Å². The Kier molecular flexibility index (Phi) is 5.92. The zero-order valence-corrected chi connectivity index (χ0v) is 14.3. The normalized spacial score (nSPS) is 10.9. The number of hydrogen-bond donors (Lipinski definition) is 5. The Balaban J connectivity index is 2.40. The van der Waals surface area contributed by atoms with E-state index < -0.39 is 29.2 Å². The van der Waals surface area contributed by atoms with Gasteiger partial charge in [-0.15, -0.1) is 0 Å². The van der Waals surface area contributed by atoms with Crippen LogP contribution in [0.5, 0.6) is 28.7 Å². The Labute approximate surface area is 154 Å². The first-order valence-corrected chi connectivity index (χ1v) is 7.97. The molecule has 0 aliphatic heterocycles. The maximum absolute atomic E-state index is 12.5. The molecule has 0 aliphatic carbocycles. The second kappa shape index (κ2) is 8.13. The number of hydrogen-bond acceptors (Lipinski definition) is 7. The molecule has 0 aliphatic rings. The first-order chi connectivity index (χ1) is 12.7. The third-order valence-electron chi connectivity index (χ3n) is 3.68. The van der Waals surface area contributed by atoms with Gasteiger partial charge in [-0.2, -0.15) is 0 Å². The summed E-state index contributed by atoms with van der Waals surface area (Å²) in [5.41, 5.74) is 0.290. The van der Waals surface area contributed by atoms with Crippen molar-refractivity contribution in [2.75, 3.05) is 0 Å². The van der Waals surface area contributed by atoms with Crippen LogP contribution in [-0.2, 0) is 11.2 Å². The molecule has 2 aromatic rings. The molecular weight excluding hydrogens is 356 g/mol. The number of carboxylic acid groups (broad SMARTS) is 1. The highest BCUT2D eigenvalue weighted by Gasteiger charge is 2.23. The van der Waals surface area contributed by atoms with E-state index >= 15 is 0 Å². The van der Waals surface area contributed by atoms with Crippen LogP contribution in [-0.4, -0.2) is 37.5 Å². The zero-order valence-electron chi connectivity index (χ0n) is 14.3. The molecule has 8 nitrogen and oxygen atoms in total. The number of phenols is 4. The molecule has 0 bridgehead atoms. The Morgan fingerprint density at radius 3 is 2.37 bits per heavy atom. The van der Waals surface area contributed by atoms with Crippen molar-refractivity contribution >= 4 is 18.0 Å². The fraction of sp³-hybridized carbons (Fsp3) is 0.158. The third kappa shape index (κ3) is 4.49. The summed E-state index contributed by atoms with van der Waals surface area (Å²) in [6.45, 7) is 1.79. The number of aromatic hydroxyl groups is 4. The van der Waals surface area contributed by atoms with Gasteiger partial charge in [-0.1, -0.05) is 19.4 Å². The third-order valence-corrected chi connectivity index (χ3v) is 3.68. The van der Waals surface area contributed by atoms with Crippen molar-refractivity contribution in [2.24, 2.45) is 0 Å². The summed E-state index contributed by atoms with van der Waals surface area (Å²) in [5.74, 6) is -4.78. The fourth-order valence-electron chi connectivity index (χ4n) is 2.41. The van der Waals surface area contributed by atoms with Crippen LogP contribution in [0.15, 0.2) is 30.3 Å². The van der Waals surface area contributed by atoms with Gasteiger partial charge in [0.25, 0.3) is 0 Å². The zero-order chi connectivity index (χ0) is 20.1. The van der Waals surface area contributed by atoms with E-state index in [-0.39, 0.29) is 29.0 Å². The van der Waals surface area contributed by atoms with Crippen LogP contribution in [0, 0.1) is 0 Å². The first kappa shape index (κ1) is 19.6. The van der Waals surface area contributed by atoms with Crippen LogP contribution in [0.3, 0.4) is 0 Å². The molecule has 2 rings (SSSR count). The van der Waals surface area contributed by atoms with Crippen LogP contribution in [0.1, 0.15) is 34.8 Å². The molecule has 142 valence electrons. The topological polar surface area (TPSA) is 145 Å². The lowest BCUT2D eigenvalue weighted by Gasteiger charge is -2.13. The van der Waals surface area contributed by atoms with Crippen molar-refractivity contribution in [2.45, 2.75) is 19.8 Å². The number of carboxylic acids is 1. The van der Waals surface area contributed by atoms with Gasteiger partial charge >= 0.3 is 11.9 Å². The maximum atomic E-state index is 12.5. The number of carbonyl (C=O) groups is 2. The Bertz CT molecular complexity index is 914. The van der Waals surface area contributed by atoms with Crippen molar-refractivity contribution < 1.29 is 39.9 Å². The SMILES string of the molecule is CCCc1c(C(=O)Oc2cc(C=CC(=O)O)ccc2O)cc(O)c(O)c1O. The largest absolute Gasteiger partial charge is 0.504 e. The molecule has 0 aromatic heterocycles. The highest BCUT2D eigenvalue weighted by molar-refractivity contribution is 5.95. The van der Waals surface area contributed by atoms with Gasteiger partial charge in [-0.05, 0) is 36.3 Å². The molecule has 0 unspecified atom stereocenters. The highest BCUT2D eigenvalue weighted by atomic mass is 16.5. The summed E-state index contributed by atoms with van der Waals surface area (Å²) < 4.78 is 5.14. The van der Waals surface area contributed by atoms with E-state index in [2.05, 4.69) is 0 Å². The van der Waals surface area contributed by atoms with Gasteiger partial charge in [0.1, 0.15) is 0 Å². The number of ether oxygens (including phenoxy) is 1. The van der Waals surface area contributed by atoms with Crippen LogP contribution in [0.2, 0.25) is 0 Å². The molecule has 2 aromatic carbocycles. The van der Waals surface area contributed by atoms with Crippen molar-refractivity contribution in [1.82, 2.24) is 0 Å². The lowest BCUT2D eigenvalue weighted by Crippen LogP contribution is -2.12. The van der Waals surface area contributed by atoms with Crippen LogP contribution < -0.4 is 4.74 Å². The van der Waals surface area contributed by atoms with Crippen molar-refractivity contribution in [3.63, 3.8) is 0 Å². The predicted molar refractivity (Wildman–Crippen MR) is 95.2 cm³/mol. The molecule has 0 atom stereocenters. The molecule has 0 saturated carbocycles. The Morgan fingerprint density at radius 1 is 1.04 bits per heavy atom. The standard InChI is InChI=1S/C19H18O8/c1-2-3-11-12(9-14(21)18(25)17(11)24)19(26)27-15-8-10(4-6-13(15)20)5-7-16(22)23/h4-9,20-21,24-25H,2-3H2,1H3,(H,22,23). The monoisotopic (exact) mass is 374 g/mol. The minimum absolute atomic E-state index is 0.0965. The highest BCUT2D eigenvalue weighted by Crippen LogP contribution is 2.40. The molecule has 0 radical (unpaired) electrons. The molecule has 0 fully saturated rings. The first-order valence-electron chi connectivity index (χ1n) is 7.97. The van der Waals surface area contributed by atoms with E-state index in [4.69, 9.17) is 9.84 Å². The van der Waals surface area contributed by atoms with E-state index in [1.165, 1.54) is 24.3 Å². The van der Waals surface area contributed by atoms with E-state index in [1.807, 2.05) is 0 Å². The molecule has 0 saturated heterocycles. The summed E-state index contributed by atoms with van der Waals surface area (Å²) in [5, 5.41) is 47.9. The molecule has 0 amide bonds. The smallest absolute Gasteiger partial charge is 0.344 e. The van der Waals surface area contributed by atoms with Crippen molar-refractivity contribution in [1.29, 1.82) is 0 Å². The van der Waals surface area contributed by atoms with E-state index in [1.54, 1.807) is 6.92 Å².